The molecular weight excluding hydrogens is 421 g/mol. The van der Waals surface area contributed by atoms with Crippen molar-refractivity contribution in [2.75, 3.05) is 11.9 Å². The fourth-order valence-electron chi connectivity index (χ4n) is 3.00. The Labute approximate surface area is 153 Å². The lowest BCUT2D eigenvalue weighted by molar-refractivity contribution is 0.875. The summed E-state index contributed by atoms with van der Waals surface area (Å²) >= 11 is 8.52. The van der Waals surface area contributed by atoms with E-state index in [0.29, 0.717) is 0 Å². The summed E-state index contributed by atoms with van der Waals surface area (Å²) in [6.07, 6.45) is 0.996. The predicted octanol–water partition coefficient (Wildman–Crippen LogP) is 5.07. The van der Waals surface area contributed by atoms with Crippen molar-refractivity contribution in [3.05, 3.63) is 62.2 Å². The quantitative estimate of drug-likeness (QED) is 0.569. The summed E-state index contributed by atoms with van der Waals surface area (Å²) in [4.78, 5) is 0. The third kappa shape index (κ3) is 2.64. The Bertz CT molecular complexity index is 884. The molecule has 0 saturated heterocycles. The van der Waals surface area contributed by atoms with Crippen LogP contribution >= 0.6 is 34.2 Å². The van der Waals surface area contributed by atoms with Crippen LogP contribution in [0.1, 0.15) is 11.1 Å². The molecule has 116 valence electrons. The van der Waals surface area contributed by atoms with Gasteiger partial charge in [0.15, 0.2) is 0 Å². The second-order valence-electron chi connectivity index (χ2n) is 5.70. The second kappa shape index (κ2) is 5.83. The highest BCUT2D eigenvalue weighted by Crippen LogP contribution is 2.35. The van der Waals surface area contributed by atoms with Gasteiger partial charge < -0.3 is 5.32 Å². The fourth-order valence-corrected chi connectivity index (χ4v) is 3.53. The van der Waals surface area contributed by atoms with E-state index in [0.717, 1.165) is 46.3 Å². The number of halogens is 2. The van der Waals surface area contributed by atoms with Crippen molar-refractivity contribution >= 4 is 40.0 Å². The van der Waals surface area contributed by atoms with E-state index in [-0.39, 0.29) is 0 Å². The summed E-state index contributed by atoms with van der Waals surface area (Å²) in [5.74, 6) is 1.09. The van der Waals surface area contributed by atoms with Crippen LogP contribution in [0.4, 0.5) is 5.82 Å². The molecule has 0 fully saturated rings. The topological polar surface area (TPSA) is 29.9 Å². The number of aryl methyl sites for hydroxylation is 1. The molecule has 3 aromatic rings. The Morgan fingerprint density at radius 3 is 2.74 bits per heavy atom. The largest absolute Gasteiger partial charge is 0.369 e. The highest BCUT2D eigenvalue weighted by Gasteiger charge is 2.24. The average molecular weight is 436 g/mol. The van der Waals surface area contributed by atoms with Gasteiger partial charge in [-0.2, -0.15) is 5.10 Å². The van der Waals surface area contributed by atoms with Gasteiger partial charge in [-0.3, -0.25) is 0 Å². The normalized spacial score (nSPS) is 13.0. The van der Waals surface area contributed by atoms with Crippen molar-refractivity contribution < 1.29 is 0 Å². The van der Waals surface area contributed by atoms with Crippen LogP contribution in [0.15, 0.2) is 42.5 Å². The van der Waals surface area contributed by atoms with E-state index in [2.05, 4.69) is 59.1 Å². The van der Waals surface area contributed by atoms with Gasteiger partial charge in [-0.25, -0.2) is 4.68 Å². The molecule has 0 radical (unpaired) electrons. The van der Waals surface area contributed by atoms with Crippen LogP contribution in [0.25, 0.3) is 16.9 Å². The lowest BCUT2D eigenvalue weighted by atomic mass is 10.1. The van der Waals surface area contributed by atoms with Crippen molar-refractivity contribution in [2.24, 2.45) is 0 Å². The third-order valence-corrected chi connectivity index (χ3v) is 5.12. The fraction of sp³-hybridized carbons (Fsp3) is 0.167. The molecule has 2 aromatic carbocycles. The molecule has 0 unspecified atom stereocenters. The van der Waals surface area contributed by atoms with E-state index in [4.69, 9.17) is 16.7 Å². The lowest BCUT2D eigenvalue weighted by Gasteiger charge is -2.10. The van der Waals surface area contributed by atoms with Crippen LogP contribution in [0.5, 0.6) is 0 Å². The van der Waals surface area contributed by atoms with Gasteiger partial charge in [0.2, 0.25) is 0 Å². The first-order chi connectivity index (χ1) is 11.1. The summed E-state index contributed by atoms with van der Waals surface area (Å²) < 4.78 is 3.22. The zero-order valence-corrected chi connectivity index (χ0v) is 15.5. The number of fused-ring (bicyclic) bond motifs is 1. The van der Waals surface area contributed by atoms with Crippen molar-refractivity contribution in [1.29, 1.82) is 0 Å². The zero-order valence-electron chi connectivity index (χ0n) is 12.6. The minimum absolute atomic E-state index is 0.726. The number of aromatic nitrogens is 2. The number of hydrogen-bond donors (Lipinski definition) is 1. The molecule has 2 heterocycles. The van der Waals surface area contributed by atoms with E-state index in [1.807, 2.05) is 22.9 Å². The molecule has 4 rings (SSSR count). The zero-order chi connectivity index (χ0) is 16.0. The highest BCUT2D eigenvalue weighted by atomic mass is 127. The molecule has 0 bridgehead atoms. The second-order valence-corrected chi connectivity index (χ2v) is 7.38. The van der Waals surface area contributed by atoms with E-state index in [1.165, 1.54) is 9.13 Å². The van der Waals surface area contributed by atoms with Gasteiger partial charge in [-0.15, -0.1) is 0 Å². The van der Waals surface area contributed by atoms with E-state index >= 15 is 0 Å². The monoisotopic (exact) mass is 435 g/mol. The number of nitrogens with zero attached hydrogens (tertiary/aromatic N) is 2. The maximum Gasteiger partial charge on any atom is 0.133 e. The highest BCUT2D eigenvalue weighted by molar-refractivity contribution is 14.1. The molecule has 23 heavy (non-hydrogen) atoms. The van der Waals surface area contributed by atoms with Crippen molar-refractivity contribution in [2.45, 2.75) is 13.3 Å². The van der Waals surface area contributed by atoms with Gasteiger partial charge >= 0.3 is 0 Å². The molecular formula is C18H15ClIN3. The van der Waals surface area contributed by atoms with Crippen LogP contribution in [-0.4, -0.2) is 16.3 Å². The standard InChI is InChI=1S/C18H15ClIN3/c1-11-2-5-13(19)10-16(11)23-18-15(8-9-21-18)17(22-23)12-3-6-14(20)7-4-12/h2-7,10,21H,8-9H2,1H3. The van der Waals surface area contributed by atoms with Crippen molar-refractivity contribution in [1.82, 2.24) is 9.78 Å². The minimum Gasteiger partial charge on any atom is -0.369 e. The number of nitrogens with one attached hydrogen (secondary N) is 1. The first kappa shape index (κ1) is 15.0. The van der Waals surface area contributed by atoms with Crippen molar-refractivity contribution in [3.8, 4) is 16.9 Å². The van der Waals surface area contributed by atoms with Gasteiger partial charge in [-0.05, 0) is 65.8 Å². The minimum atomic E-state index is 0.726. The molecule has 1 aromatic heterocycles. The van der Waals surface area contributed by atoms with E-state index in [1.54, 1.807) is 0 Å². The van der Waals surface area contributed by atoms with Crippen LogP contribution < -0.4 is 5.32 Å². The molecule has 1 aliphatic heterocycles. The Morgan fingerprint density at radius 1 is 1.17 bits per heavy atom. The summed E-state index contributed by atoms with van der Waals surface area (Å²) in [5.41, 5.74) is 5.68. The van der Waals surface area contributed by atoms with Crippen LogP contribution in [0.3, 0.4) is 0 Å². The van der Waals surface area contributed by atoms with Crippen LogP contribution in [-0.2, 0) is 6.42 Å². The predicted molar refractivity (Wildman–Crippen MR) is 104 cm³/mol. The van der Waals surface area contributed by atoms with E-state index in [9.17, 15) is 0 Å². The molecule has 0 amide bonds. The maximum absolute atomic E-state index is 6.20. The van der Waals surface area contributed by atoms with Crippen LogP contribution in [0, 0.1) is 10.5 Å². The van der Waals surface area contributed by atoms with Gasteiger partial charge in [0.05, 0.1) is 11.4 Å². The Hall–Kier alpha value is -1.53. The molecule has 1 aliphatic rings. The van der Waals surface area contributed by atoms with Gasteiger partial charge in [0.1, 0.15) is 5.82 Å². The van der Waals surface area contributed by atoms with Crippen LogP contribution in [0.2, 0.25) is 5.02 Å². The number of hydrogen-bond acceptors (Lipinski definition) is 2. The lowest BCUT2D eigenvalue weighted by Crippen LogP contribution is -2.05. The summed E-state index contributed by atoms with van der Waals surface area (Å²) in [7, 11) is 0. The summed E-state index contributed by atoms with van der Waals surface area (Å²) in [6, 6.07) is 14.4. The van der Waals surface area contributed by atoms with Crippen molar-refractivity contribution in [3.63, 3.8) is 0 Å². The molecule has 0 spiro atoms. The first-order valence-electron chi connectivity index (χ1n) is 7.52. The first-order valence-corrected chi connectivity index (χ1v) is 8.97. The number of benzene rings is 2. The number of anilines is 1. The molecule has 0 saturated carbocycles. The molecule has 5 heteroatoms. The van der Waals surface area contributed by atoms with Gasteiger partial charge in [0, 0.05) is 26.3 Å². The third-order valence-electron chi connectivity index (χ3n) is 4.17. The molecule has 0 atom stereocenters. The average Bonchev–Trinajstić information content (AvgIpc) is 3.13. The molecule has 0 aliphatic carbocycles. The Morgan fingerprint density at radius 2 is 1.96 bits per heavy atom. The molecule has 3 nitrogen and oxygen atoms in total. The smallest absolute Gasteiger partial charge is 0.133 e. The summed E-state index contributed by atoms with van der Waals surface area (Å²) in [5, 5.41) is 9.09. The number of rotatable bonds is 2. The molecule has 1 N–H and O–H groups in total. The van der Waals surface area contributed by atoms with Gasteiger partial charge in [-0.1, -0.05) is 29.8 Å². The Balaban J connectivity index is 1.91. The summed E-state index contributed by atoms with van der Waals surface area (Å²) in [6.45, 7) is 3.03. The van der Waals surface area contributed by atoms with Gasteiger partial charge in [0.25, 0.3) is 0 Å². The Kier molecular flexibility index (Phi) is 3.81. The maximum atomic E-state index is 6.20. The van der Waals surface area contributed by atoms with E-state index < -0.39 is 0 Å². The SMILES string of the molecule is Cc1ccc(Cl)cc1-n1nc(-c2ccc(I)cc2)c2c1NCC2.